The molecule has 0 unspecified atom stereocenters. The lowest BCUT2D eigenvalue weighted by Gasteiger charge is -2.30. The summed E-state index contributed by atoms with van der Waals surface area (Å²) < 4.78 is 12.1. The van der Waals surface area contributed by atoms with E-state index in [9.17, 15) is 0 Å². The molecule has 2 aromatic carbocycles. The van der Waals surface area contributed by atoms with Crippen molar-refractivity contribution in [1.82, 2.24) is 9.80 Å². The van der Waals surface area contributed by atoms with Crippen molar-refractivity contribution >= 4 is 0 Å². The van der Waals surface area contributed by atoms with E-state index in [2.05, 4.69) is 58.3 Å². The molecule has 0 atom stereocenters. The molecule has 4 nitrogen and oxygen atoms in total. The lowest BCUT2D eigenvalue weighted by atomic mass is 10.1. The van der Waals surface area contributed by atoms with E-state index in [1.165, 1.54) is 24.0 Å². The van der Waals surface area contributed by atoms with Crippen molar-refractivity contribution in [2.45, 2.75) is 25.9 Å². The van der Waals surface area contributed by atoms with Gasteiger partial charge in [-0.1, -0.05) is 36.4 Å². The predicted molar refractivity (Wildman–Crippen MR) is 104 cm³/mol. The van der Waals surface area contributed by atoms with Gasteiger partial charge in [0.15, 0.2) is 0 Å². The highest BCUT2D eigenvalue weighted by atomic mass is 16.5. The third-order valence-electron chi connectivity index (χ3n) is 5.23. The van der Waals surface area contributed by atoms with Gasteiger partial charge < -0.3 is 9.47 Å². The fraction of sp³-hybridized carbons (Fsp3) is 0.455. The molecule has 2 aromatic rings. The molecule has 0 radical (unpaired) electrons. The van der Waals surface area contributed by atoms with Crippen molar-refractivity contribution in [2.75, 3.05) is 39.4 Å². The zero-order valence-corrected chi connectivity index (χ0v) is 15.4. The first-order valence-electron chi connectivity index (χ1n) is 9.74. The Morgan fingerprint density at radius 1 is 0.577 bits per heavy atom. The lowest BCUT2D eigenvalue weighted by molar-refractivity contribution is 0.171. The van der Waals surface area contributed by atoms with Crippen LogP contribution >= 0.6 is 0 Å². The van der Waals surface area contributed by atoms with Gasteiger partial charge in [0.2, 0.25) is 0 Å². The van der Waals surface area contributed by atoms with Gasteiger partial charge in [0.1, 0.15) is 24.7 Å². The Bertz CT molecular complexity index is 649. The van der Waals surface area contributed by atoms with E-state index in [-0.39, 0.29) is 0 Å². The number of rotatable bonds is 0. The first kappa shape index (κ1) is 17.4. The molecule has 1 fully saturated rings. The minimum absolute atomic E-state index is 0.565. The normalized spacial score (nSPS) is 24.0. The van der Waals surface area contributed by atoms with Crippen LogP contribution in [0.4, 0.5) is 0 Å². The highest BCUT2D eigenvalue weighted by Crippen LogP contribution is 2.24. The second-order valence-corrected chi connectivity index (χ2v) is 7.17. The molecule has 5 rings (SSSR count). The van der Waals surface area contributed by atoms with Crippen molar-refractivity contribution in [1.29, 1.82) is 0 Å². The Labute approximate surface area is 156 Å². The maximum atomic E-state index is 6.05. The van der Waals surface area contributed by atoms with Crippen LogP contribution in [0, 0.1) is 0 Å². The third kappa shape index (κ3) is 4.37. The van der Waals surface area contributed by atoms with Crippen LogP contribution in [-0.4, -0.2) is 49.2 Å². The Morgan fingerprint density at radius 3 is 1.46 bits per heavy atom. The van der Waals surface area contributed by atoms with Crippen LogP contribution in [-0.2, 0) is 13.1 Å². The summed E-state index contributed by atoms with van der Waals surface area (Å²) in [5.74, 6) is 1.98. The molecule has 0 spiro atoms. The Kier molecular flexibility index (Phi) is 5.72. The number of benzene rings is 2. The topological polar surface area (TPSA) is 24.9 Å². The van der Waals surface area contributed by atoms with E-state index in [1.54, 1.807) is 0 Å². The average Bonchev–Trinajstić information content (AvgIpc) is 2.65. The summed E-state index contributed by atoms with van der Waals surface area (Å²) in [7, 11) is 0. The summed E-state index contributed by atoms with van der Waals surface area (Å²) in [6, 6.07) is 16.8. The maximum absolute atomic E-state index is 6.05. The van der Waals surface area contributed by atoms with Gasteiger partial charge in [-0.25, -0.2) is 0 Å². The predicted octanol–water partition coefficient (Wildman–Crippen LogP) is 3.56. The number of nitrogens with zero attached hydrogens (tertiary/aromatic N) is 2. The minimum atomic E-state index is 0.565. The smallest absolute Gasteiger partial charge is 0.123 e. The van der Waals surface area contributed by atoms with Crippen molar-refractivity contribution in [3.05, 3.63) is 59.7 Å². The lowest BCUT2D eigenvalue weighted by Crippen LogP contribution is -2.36. The molecule has 4 heteroatoms. The number of ether oxygens (including phenoxy) is 2. The van der Waals surface area contributed by atoms with Crippen LogP contribution < -0.4 is 9.47 Å². The molecule has 0 amide bonds. The van der Waals surface area contributed by atoms with E-state index < -0.39 is 0 Å². The third-order valence-corrected chi connectivity index (χ3v) is 5.23. The van der Waals surface area contributed by atoms with E-state index >= 15 is 0 Å². The number of para-hydroxylation sites is 2. The molecular weight excluding hydrogens is 324 g/mol. The van der Waals surface area contributed by atoms with Crippen LogP contribution in [0.2, 0.25) is 0 Å². The molecule has 3 heterocycles. The van der Waals surface area contributed by atoms with Crippen LogP contribution in [0.15, 0.2) is 48.5 Å². The summed E-state index contributed by atoms with van der Waals surface area (Å²) in [6.45, 7) is 7.64. The average molecular weight is 352 g/mol. The second-order valence-electron chi connectivity index (χ2n) is 7.17. The molecule has 0 aliphatic carbocycles. The summed E-state index contributed by atoms with van der Waals surface area (Å²) in [6.07, 6.45) is 2.40. The molecule has 0 N–H and O–H groups in total. The first-order chi connectivity index (χ1) is 12.9. The summed E-state index contributed by atoms with van der Waals surface area (Å²) in [5.41, 5.74) is 2.56. The van der Waals surface area contributed by atoms with Crippen molar-refractivity contribution in [3.63, 3.8) is 0 Å². The number of fused-ring (bicyclic) bond motifs is 7. The molecule has 2 bridgehead atoms. The molecule has 138 valence electrons. The SMILES string of the molecule is c1ccc2c(c1)CN1CCCN(CCC1)Cc1ccccc1OCCO2. The van der Waals surface area contributed by atoms with Gasteiger partial charge in [0, 0.05) is 24.2 Å². The Morgan fingerprint density at radius 2 is 1.00 bits per heavy atom. The fourth-order valence-corrected chi connectivity index (χ4v) is 3.91. The molecular formula is C22H28N2O2. The van der Waals surface area contributed by atoms with E-state index in [4.69, 9.17) is 9.47 Å². The van der Waals surface area contributed by atoms with Gasteiger partial charge in [0.05, 0.1) is 0 Å². The standard InChI is InChI=1S/C22H28N2O2/c1-3-9-21-19(7-1)17-23-11-5-13-24(14-6-12-23)18-20-8-2-4-10-22(20)26-16-15-25-21/h1-4,7-10H,5-6,11-18H2. The molecule has 26 heavy (non-hydrogen) atoms. The minimum Gasteiger partial charge on any atom is -0.490 e. The molecule has 3 aliphatic heterocycles. The molecule has 0 saturated carbocycles. The first-order valence-corrected chi connectivity index (χ1v) is 9.74. The second kappa shape index (κ2) is 8.56. The summed E-state index contributed by atoms with van der Waals surface area (Å²) in [4.78, 5) is 5.15. The highest BCUT2D eigenvalue weighted by molar-refractivity contribution is 5.34. The van der Waals surface area contributed by atoms with Crippen molar-refractivity contribution < 1.29 is 9.47 Å². The quantitative estimate of drug-likeness (QED) is 0.724. The summed E-state index contributed by atoms with van der Waals surface area (Å²) in [5, 5.41) is 0. The van der Waals surface area contributed by atoms with Crippen LogP contribution in [0.1, 0.15) is 24.0 Å². The summed E-state index contributed by atoms with van der Waals surface area (Å²) >= 11 is 0. The van der Waals surface area contributed by atoms with Gasteiger partial charge >= 0.3 is 0 Å². The molecule has 1 saturated heterocycles. The van der Waals surface area contributed by atoms with E-state index in [1.807, 2.05) is 0 Å². The number of hydrogen-bond donors (Lipinski definition) is 0. The molecule has 0 aromatic heterocycles. The van der Waals surface area contributed by atoms with Crippen LogP contribution in [0.3, 0.4) is 0 Å². The van der Waals surface area contributed by atoms with Gasteiger partial charge in [-0.15, -0.1) is 0 Å². The molecule has 3 aliphatic rings. The van der Waals surface area contributed by atoms with Gasteiger partial charge in [-0.05, 0) is 51.2 Å². The van der Waals surface area contributed by atoms with Crippen LogP contribution in [0.25, 0.3) is 0 Å². The highest BCUT2D eigenvalue weighted by Gasteiger charge is 2.17. The van der Waals surface area contributed by atoms with E-state index in [0.29, 0.717) is 13.2 Å². The van der Waals surface area contributed by atoms with Gasteiger partial charge in [-0.2, -0.15) is 0 Å². The van der Waals surface area contributed by atoms with Gasteiger partial charge in [-0.3, -0.25) is 9.80 Å². The monoisotopic (exact) mass is 352 g/mol. The Hall–Kier alpha value is -2.04. The largest absolute Gasteiger partial charge is 0.490 e. The Balaban J connectivity index is 1.59. The van der Waals surface area contributed by atoms with Crippen LogP contribution in [0.5, 0.6) is 11.5 Å². The fourth-order valence-electron chi connectivity index (χ4n) is 3.91. The van der Waals surface area contributed by atoms with Gasteiger partial charge in [0.25, 0.3) is 0 Å². The maximum Gasteiger partial charge on any atom is 0.123 e. The van der Waals surface area contributed by atoms with E-state index in [0.717, 1.165) is 50.8 Å². The number of hydrogen-bond acceptors (Lipinski definition) is 4. The van der Waals surface area contributed by atoms with Crippen molar-refractivity contribution in [2.24, 2.45) is 0 Å². The zero-order valence-electron chi connectivity index (χ0n) is 15.4. The zero-order chi connectivity index (χ0) is 17.6. The van der Waals surface area contributed by atoms with Crippen molar-refractivity contribution in [3.8, 4) is 11.5 Å².